The van der Waals surface area contributed by atoms with Gasteiger partial charge in [-0.25, -0.2) is 4.99 Å². The van der Waals surface area contributed by atoms with E-state index in [1.807, 2.05) is 39.8 Å². The third kappa shape index (κ3) is 18.8. The van der Waals surface area contributed by atoms with E-state index in [2.05, 4.69) is 139 Å². The smallest absolute Gasteiger partial charge is 0.242 e. The van der Waals surface area contributed by atoms with Gasteiger partial charge in [-0.1, -0.05) is 166 Å². The van der Waals surface area contributed by atoms with Crippen LogP contribution in [0.1, 0.15) is 70.7 Å². The Labute approximate surface area is 371 Å². The van der Waals surface area contributed by atoms with Crippen LogP contribution in [-0.2, 0) is 29.1 Å². The van der Waals surface area contributed by atoms with Crippen molar-refractivity contribution in [2.24, 2.45) is 10.7 Å². The highest BCUT2D eigenvalue weighted by atomic mass is 16.2. The van der Waals surface area contributed by atoms with Gasteiger partial charge in [-0.15, -0.1) is 0 Å². The summed E-state index contributed by atoms with van der Waals surface area (Å²) < 4.78 is 0. The molecule has 0 spiro atoms. The Morgan fingerprint density at radius 2 is 1.35 bits per heavy atom. The highest BCUT2D eigenvalue weighted by Gasteiger charge is 2.12. The predicted molar refractivity (Wildman–Crippen MR) is 263 cm³/mol. The number of aliphatic imine (C=N–C) groups is 1. The van der Waals surface area contributed by atoms with Crippen LogP contribution >= 0.6 is 0 Å². The monoisotopic (exact) mass is 837 g/mol. The van der Waals surface area contributed by atoms with Gasteiger partial charge in [-0.2, -0.15) is 0 Å². The van der Waals surface area contributed by atoms with Crippen LogP contribution in [0.5, 0.6) is 0 Å². The molecule has 0 aliphatic heterocycles. The van der Waals surface area contributed by atoms with Crippen molar-refractivity contribution in [3.05, 3.63) is 203 Å². The molecule has 2 amide bonds. The molecular formula is C54H68N4O4. The first kappa shape index (κ1) is 53.4. The number of aliphatic hydroxyl groups is 2. The fourth-order valence-electron chi connectivity index (χ4n) is 6.22. The molecule has 0 atom stereocenters. The van der Waals surface area contributed by atoms with Crippen molar-refractivity contribution in [3.63, 3.8) is 0 Å². The Kier molecular flexibility index (Phi) is 26.2. The van der Waals surface area contributed by atoms with Gasteiger partial charge >= 0.3 is 0 Å². The molecule has 0 bridgehead atoms. The lowest BCUT2D eigenvalue weighted by atomic mass is 9.95. The van der Waals surface area contributed by atoms with Crippen molar-refractivity contribution in [2.45, 2.75) is 74.9 Å². The topological polar surface area (TPSA) is 128 Å². The van der Waals surface area contributed by atoms with E-state index in [1.165, 1.54) is 46.5 Å². The van der Waals surface area contributed by atoms with Gasteiger partial charge in [0.2, 0.25) is 12.3 Å². The minimum Gasteiger partial charge on any atom is -0.515 e. The Bertz CT molecular complexity index is 2200. The lowest BCUT2D eigenvalue weighted by Gasteiger charge is -2.21. The number of carbonyl (C=O) groups is 2. The van der Waals surface area contributed by atoms with E-state index in [1.54, 1.807) is 25.2 Å². The van der Waals surface area contributed by atoms with Gasteiger partial charge in [0, 0.05) is 44.8 Å². The van der Waals surface area contributed by atoms with Gasteiger partial charge in [0.1, 0.15) is 0 Å². The molecule has 5 N–H and O–H groups in total. The number of rotatable bonds is 17. The Morgan fingerprint density at radius 1 is 0.806 bits per heavy atom. The van der Waals surface area contributed by atoms with Crippen LogP contribution in [0.15, 0.2) is 186 Å². The SMILES string of the molecule is C=C(NC=O)C(=C\C=C/N)/C(C)=C\O.C=C/C=C\C(C(Cc1cccc(-c2ccc(CN(CC)Cc3ccc(-c4cccc(C)c4)cc3)cc2)c1)=NC(C)=O)=C(C)C.CC.CO. The van der Waals surface area contributed by atoms with E-state index in [9.17, 15) is 9.59 Å². The van der Waals surface area contributed by atoms with Crippen LogP contribution in [-0.4, -0.2) is 46.8 Å². The van der Waals surface area contributed by atoms with Crippen molar-refractivity contribution < 1.29 is 19.8 Å². The second kappa shape index (κ2) is 30.4. The Morgan fingerprint density at radius 3 is 1.81 bits per heavy atom. The number of nitrogens with one attached hydrogen (secondary N) is 1. The summed E-state index contributed by atoms with van der Waals surface area (Å²) in [7, 11) is 1.00. The number of aryl methyl sites for hydroxylation is 1. The quantitative estimate of drug-likeness (QED) is 0.0363. The van der Waals surface area contributed by atoms with Gasteiger partial charge in [-0.05, 0) is 96.6 Å². The molecule has 0 fully saturated rings. The first-order valence-electron chi connectivity index (χ1n) is 20.8. The third-order valence-electron chi connectivity index (χ3n) is 9.24. The summed E-state index contributed by atoms with van der Waals surface area (Å²) >= 11 is 0. The lowest BCUT2D eigenvalue weighted by molar-refractivity contribution is -0.115. The fraction of sp³-hybridized carbons (Fsp3) is 0.241. The summed E-state index contributed by atoms with van der Waals surface area (Å²) in [5.41, 5.74) is 19.5. The Balaban J connectivity index is 0.000000904. The van der Waals surface area contributed by atoms with Crippen LogP contribution in [0, 0.1) is 6.92 Å². The molecule has 0 aliphatic rings. The summed E-state index contributed by atoms with van der Waals surface area (Å²) in [6.45, 7) is 25.8. The average molecular weight is 837 g/mol. The number of benzene rings is 4. The maximum Gasteiger partial charge on any atom is 0.242 e. The number of allylic oxidation sites excluding steroid dienone is 8. The van der Waals surface area contributed by atoms with E-state index < -0.39 is 0 Å². The summed E-state index contributed by atoms with van der Waals surface area (Å²) in [6.07, 6.45) is 12.2. The zero-order chi connectivity index (χ0) is 46.5. The van der Waals surface area contributed by atoms with Gasteiger partial charge in [0.05, 0.1) is 12.0 Å². The molecule has 8 nitrogen and oxygen atoms in total. The molecule has 328 valence electrons. The standard InChI is InChI=1S/C41H44N2O.C10H14N2O2.C2H6.CH4O/c1-7-9-16-40(30(3)4)41(42-32(6)44)27-35-13-11-15-39(26-35)37-23-19-34(20-24-37)29-43(8-2)28-33-17-21-36(22-18-33)38-14-10-12-31(5)25-38;1-8(6-13)10(4-3-5-11)9(2)12-7-14;2*1-2/h7,9-26H,1,8,27-29H2,2-6H3;3-7,13H,2,11H2,1H3,(H,12,14);1-2H3;2H,1H3/b16-9-,42-41?;5-3-,8-6-,10-4-;;. The summed E-state index contributed by atoms with van der Waals surface area (Å²) in [6, 6.07) is 35.0. The van der Waals surface area contributed by atoms with E-state index in [-0.39, 0.29) is 5.91 Å². The zero-order valence-corrected chi connectivity index (χ0v) is 38.3. The molecule has 0 saturated carbocycles. The van der Waals surface area contributed by atoms with Crippen LogP contribution < -0.4 is 11.1 Å². The minimum atomic E-state index is -0.196. The largest absolute Gasteiger partial charge is 0.515 e. The van der Waals surface area contributed by atoms with Gasteiger partial charge < -0.3 is 21.3 Å². The first-order valence-corrected chi connectivity index (χ1v) is 20.8. The summed E-state index contributed by atoms with van der Waals surface area (Å²) in [4.78, 5) is 29.0. The van der Waals surface area contributed by atoms with E-state index in [0.29, 0.717) is 29.7 Å². The highest BCUT2D eigenvalue weighted by Crippen LogP contribution is 2.25. The molecule has 62 heavy (non-hydrogen) atoms. The van der Waals surface area contributed by atoms with Gasteiger partial charge in [-0.3, -0.25) is 14.5 Å². The molecule has 0 heterocycles. The maximum atomic E-state index is 12.0. The molecular weight excluding hydrogens is 769 g/mol. The van der Waals surface area contributed by atoms with Crippen molar-refractivity contribution in [1.29, 1.82) is 0 Å². The van der Waals surface area contributed by atoms with Crippen molar-refractivity contribution in [1.82, 2.24) is 10.2 Å². The second-order valence-corrected chi connectivity index (χ2v) is 14.0. The number of nitrogens with two attached hydrogens (primary N) is 1. The highest BCUT2D eigenvalue weighted by molar-refractivity contribution is 6.09. The van der Waals surface area contributed by atoms with Crippen LogP contribution in [0.4, 0.5) is 0 Å². The summed E-state index contributed by atoms with van der Waals surface area (Å²) in [5, 5.41) is 18.2. The van der Waals surface area contributed by atoms with E-state index in [4.69, 9.17) is 15.9 Å². The number of hydrogen-bond donors (Lipinski definition) is 4. The molecule has 0 unspecified atom stereocenters. The maximum absolute atomic E-state index is 12.0. The van der Waals surface area contributed by atoms with Crippen molar-refractivity contribution in [3.8, 4) is 22.3 Å². The van der Waals surface area contributed by atoms with Crippen LogP contribution in [0.2, 0.25) is 0 Å². The minimum absolute atomic E-state index is 0.196. The molecule has 0 radical (unpaired) electrons. The second-order valence-electron chi connectivity index (χ2n) is 14.0. The molecule has 4 aromatic carbocycles. The molecule has 8 heteroatoms. The molecule has 4 rings (SSSR count). The van der Waals surface area contributed by atoms with E-state index >= 15 is 0 Å². The van der Waals surface area contributed by atoms with Crippen LogP contribution in [0.3, 0.4) is 0 Å². The predicted octanol–water partition coefficient (Wildman–Crippen LogP) is 11.7. The lowest BCUT2D eigenvalue weighted by Crippen LogP contribution is -2.22. The number of nitrogens with zero attached hydrogens (tertiary/aromatic N) is 2. The normalized spacial score (nSPS) is 11.4. The molecule has 4 aromatic rings. The zero-order valence-electron chi connectivity index (χ0n) is 38.3. The average Bonchev–Trinajstić information content (AvgIpc) is 3.28. The molecule has 0 saturated heterocycles. The fourth-order valence-corrected chi connectivity index (χ4v) is 6.22. The van der Waals surface area contributed by atoms with Crippen LogP contribution in [0.25, 0.3) is 22.3 Å². The number of amides is 2. The molecule has 0 aromatic heterocycles. The van der Waals surface area contributed by atoms with Gasteiger partial charge in [0.15, 0.2) is 0 Å². The van der Waals surface area contributed by atoms with Crippen molar-refractivity contribution in [2.75, 3.05) is 13.7 Å². The first-order chi connectivity index (χ1) is 29.9. The number of carbonyl (C=O) groups excluding carboxylic acids is 2. The Hall–Kier alpha value is -6.61. The number of hydrogen-bond acceptors (Lipinski definition) is 6. The van der Waals surface area contributed by atoms with E-state index in [0.717, 1.165) is 61.0 Å². The van der Waals surface area contributed by atoms with Crippen molar-refractivity contribution >= 4 is 18.0 Å². The molecule has 0 aliphatic carbocycles. The third-order valence-corrected chi connectivity index (χ3v) is 9.24. The number of aliphatic hydroxyl groups excluding tert-OH is 2. The van der Waals surface area contributed by atoms with Gasteiger partial charge in [0.25, 0.3) is 0 Å². The summed E-state index contributed by atoms with van der Waals surface area (Å²) in [5.74, 6) is -0.196.